The molecule has 0 N–H and O–H groups in total. The summed E-state index contributed by atoms with van der Waals surface area (Å²) in [5, 5.41) is 0.908. The summed E-state index contributed by atoms with van der Waals surface area (Å²) in [7, 11) is 1.56. The highest BCUT2D eigenvalue weighted by molar-refractivity contribution is 9.10. The number of amides is 1. The van der Waals surface area contributed by atoms with E-state index >= 15 is 0 Å². The number of carbonyl (C=O) groups excluding carboxylic acids is 2. The Morgan fingerprint density at radius 2 is 1.82 bits per heavy atom. The Morgan fingerprint density at radius 3 is 2.57 bits per heavy atom. The highest BCUT2D eigenvalue weighted by Gasteiger charge is 2.37. The molecule has 7 rings (SSSR count). The van der Waals surface area contributed by atoms with Crippen LogP contribution < -0.4 is 19.6 Å². The first-order valence-electron chi connectivity index (χ1n) is 15.9. The van der Waals surface area contributed by atoms with Crippen LogP contribution in [0.25, 0.3) is 22.7 Å². The fourth-order valence-corrected chi connectivity index (χ4v) is 7.74. The van der Waals surface area contributed by atoms with Gasteiger partial charge < -0.3 is 23.7 Å². The molecule has 0 saturated carbocycles. The minimum Gasteiger partial charge on any atom is -0.496 e. The normalized spacial score (nSPS) is 16.4. The van der Waals surface area contributed by atoms with Gasteiger partial charge in [-0.15, -0.1) is 0 Å². The predicted molar refractivity (Wildman–Crippen MR) is 191 cm³/mol. The first kappa shape index (κ1) is 32.8. The molecule has 0 radical (unpaired) electrons. The largest absolute Gasteiger partial charge is 0.496 e. The van der Waals surface area contributed by atoms with E-state index in [4.69, 9.17) is 19.2 Å². The molecule has 12 heteroatoms. The van der Waals surface area contributed by atoms with E-state index in [9.17, 15) is 14.4 Å². The van der Waals surface area contributed by atoms with E-state index in [2.05, 4.69) is 15.9 Å². The van der Waals surface area contributed by atoms with Crippen LogP contribution in [0.4, 0.5) is 0 Å². The van der Waals surface area contributed by atoms with Crippen LogP contribution in [-0.2, 0) is 25.6 Å². The number of aromatic nitrogens is 2. The molecule has 1 fully saturated rings. The lowest BCUT2D eigenvalue weighted by Gasteiger charge is -2.27. The highest BCUT2D eigenvalue weighted by Crippen LogP contribution is 2.40. The van der Waals surface area contributed by atoms with Crippen LogP contribution in [0.1, 0.15) is 29.7 Å². The van der Waals surface area contributed by atoms with Gasteiger partial charge >= 0.3 is 5.97 Å². The number of rotatable bonds is 8. The smallest absolute Gasteiger partial charge is 0.338 e. The average molecular weight is 742 g/mol. The average Bonchev–Trinajstić information content (AvgIpc) is 3.63. The van der Waals surface area contributed by atoms with Crippen molar-refractivity contribution in [1.29, 1.82) is 0 Å². The molecule has 2 aliphatic heterocycles. The Balaban J connectivity index is 1.43. The summed E-state index contributed by atoms with van der Waals surface area (Å²) in [5.74, 6) is -0.0517. The molecule has 0 bridgehead atoms. The van der Waals surface area contributed by atoms with Crippen LogP contribution in [0.3, 0.4) is 0 Å². The lowest BCUT2D eigenvalue weighted by molar-refractivity contribution is -0.139. The number of hydrogen-bond acceptors (Lipinski definition) is 8. The van der Waals surface area contributed by atoms with Crippen molar-refractivity contribution in [1.82, 2.24) is 14.0 Å². The fraction of sp³-hybridized carbons (Fsp3) is 0.243. The van der Waals surface area contributed by atoms with Gasteiger partial charge in [-0.1, -0.05) is 75.8 Å². The first-order valence-corrected chi connectivity index (χ1v) is 17.5. The van der Waals surface area contributed by atoms with Gasteiger partial charge in [-0.25, -0.2) is 9.79 Å². The number of ether oxygens (including phenoxy) is 3. The second kappa shape index (κ2) is 14.0. The van der Waals surface area contributed by atoms with E-state index in [-0.39, 0.29) is 30.2 Å². The van der Waals surface area contributed by atoms with Crippen molar-refractivity contribution in [3.8, 4) is 5.75 Å². The van der Waals surface area contributed by atoms with Gasteiger partial charge in [0.25, 0.3) is 5.56 Å². The van der Waals surface area contributed by atoms with Crippen molar-refractivity contribution < 1.29 is 23.8 Å². The minimum absolute atomic E-state index is 0.0119. The molecule has 250 valence electrons. The van der Waals surface area contributed by atoms with Crippen molar-refractivity contribution in [2.45, 2.75) is 19.5 Å². The fourth-order valence-electron chi connectivity index (χ4n) is 6.37. The number of methoxy groups -OCH3 is 1. The second-order valence-corrected chi connectivity index (χ2v) is 13.5. The Kier molecular flexibility index (Phi) is 9.35. The van der Waals surface area contributed by atoms with Gasteiger partial charge in [0, 0.05) is 51.4 Å². The number of benzene rings is 3. The van der Waals surface area contributed by atoms with Crippen molar-refractivity contribution >= 4 is 61.8 Å². The summed E-state index contributed by atoms with van der Waals surface area (Å²) in [6.45, 7) is 4.25. The van der Waals surface area contributed by atoms with Gasteiger partial charge in [-0.3, -0.25) is 14.2 Å². The SMILES string of the molecule is CCOC(=O)C1=C(c2ccccc2)N=c2s/c(=C\c3cn(CC(=O)N4CCOCC4)c4ccccc34)c(=O)n2[C@@H]1c1cc(Br)ccc1OC. The molecule has 2 aromatic heterocycles. The lowest BCUT2D eigenvalue weighted by atomic mass is 9.92. The van der Waals surface area contributed by atoms with Crippen molar-refractivity contribution in [3.63, 3.8) is 0 Å². The van der Waals surface area contributed by atoms with Gasteiger partial charge in [0.15, 0.2) is 4.80 Å². The Labute approximate surface area is 294 Å². The third-order valence-electron chi connectivity index (χ3n) is 8.64. The number of halogens is 1. The molecule has 1 saturated heterocycles. The minimum atomic E-state index is -0.896. The maximum absolute atomic E-state index is 14.6. The summed E-state index contributed by atoms with van der Waals surface area (Å²) < 4.78 is 21.5. The molecular formula is C37H33BrN4O6S. The summed E-state index contributed by atoms with van der Waals surface area (Å²) in [4.78, 5) is 48.8. The molecule has 0 aliphatic carbocycles. The molecule has 2 aliphatic rings. The third-order valence-corrected chi connectivity index (χ3v) is 10.1. The number of nitrogens with zero attached hydrogens (tertiary/aromatic N) is 4. The van der Waals surface area contributed by atoms with Crippen molar-refractivity contribution in [2.24, 2.45) is 4.99 Å². The van der Waals surface area contributed by atoms with Crippen LogP contribution in [0.15, 0.2) is 98.8 Å². The number of para-hydroxylation sites is 1. The zero-order chi connectivity index (χ0) is 34.1. The maximum atomic E-state index is 14.6. The van der Waals surface area contributed by atoms with E-state index in [0.29, 0.717) is 52.6 Å². The van der Waals surface area contributed by atoms with E-state index in [1.54, 1.807) is 24.7 Å². The zero-order valence-corrected chi connectivity index (χ0v) is 29.3. The van der Waals surface area contributed by atoms with Gasteiger partial charge in [-0.05, 0) is 37.3 Å². The molecule has 49 heavy (non-hydrogen) atoms. The number of carbonyl (C=O) groups is 2. The van der Waals surface area contributed by atoms with Crippen LogP contribution in [-0.4, -0.2) is 65.9 Å². The van der Waals surface area contributed by atoms with E-state index in [0.717, 1.165) is 26.5 Å². The topological polar surface area (TPSA) is 104 Å². The van der Waals surface area contributed by atoms with E-state index in [1.165, 1.54) is 11.3 Å². The molecule has 3 aromatic carbocycles. The van der Waals surface area contributed by atoms with Gasteiger partial charge in [-0.2, -0.15) is 0 Å². The lowest BCUT2D eigenvalue weighted by Crippen LogP contribution is -2.42. The molecule has 10 nitrogen and oxygen atoms in total. The number of thiazole rings is 1. The van der Waals surface area contributed by atoms with Crippen LogP contribution in [0.2, 0.25) is 0 Å². The molecule has 4 heterocycles. The summed E-state index contributed by atoms with van der Waals surface area (Å²) in [6, 6.07) is 21.8. The Morgan fingerprint density at radius 1 is 1.06 bits per heavy atom. The van der Waals surface area contributed by atoms with Gasteiger partial charge in [0.05, 0.1) is 42.7 Å². The standard InChI is InChI=1S/C37H33BrN4O6S/c1-3-48-36(45)32-33(23-9-5-4-6-10-23)39-37-42(34(32)27-20-25(38)13-14-29(27)46-2)35(44)30(49-37)19-24-21-41(28-12-8-7-11-26(24)28)22-31(43)40-15-17-47-18-16-40/h4-14,19-21,34H,3,15-18,22H2,1-2H3/b30-19-/t34-/m1/s1. The van der Waals surface area contributed by atoms with Gasteiger partial charge in [0.1, 0.15) is 18.3 Å². The highest BCUT2D eigenvalue weighted by atomic mass is 79.9. The number of hydrogen-bond donors (Lipinski definition) is 0. The number of esters is 1. The predicted octanol–water partition coefficient (Wildman–Crippen LogP) is 4.52. The summed E-state index contributed by atoms with van der Waals surface area (Å²) in [6.07, 6.45) is 3.75. The van der Waals surface area contributed by atoms with E-state index < -0.39 is 12.0 Å². The Bertz CT molecular complexity index is 2280. The Hall–Kier alpha value is -4.78. The quantitative estimate of drug-likeness (QED) is 0.217. The van der Waals surface area contributed by atoms with Crippen molar-refractivity contribution in [2.75, 3.05) is 40.0 Å². The number of morpholine rings is 1. The maximum Gasteiger partial charge on any atom is 0.338 e. The van der Waals surface area contributed by atoms with Crippen LogP contribution in [0, 0.1) is 0 Å². The molecule has 1 amide bonds. The molecular weight excluding hydrogens is 708 g/mol. The van der Waals surface area contributed by atoms with Crippen LogP contribution in [0.5, 0.6) is 5.75 Å². The monoisotopic (exact) mass is 740 g/mol. The second-order valence-electron chi connectivity index (χ2n) is 11.5. The van der Waals surface area contributed by atoms with Crippen LogP contribution >= 0.6 is 27.3 Å². The van der Waals surface area contributed by atoms with Gasteiger partial charge in [0.2, 0.25) is 5.91 Å². The summed E-state index contributed by atoms with van der Waals surface area (Å²) in [5.41, 5.74) is 3.35. The first-order chi connectivity index (χ1) is 23.9. The number of fused-ring (bicyclic) bond motifs is 2. The molecule has 5 aromatic rings. The summed E-state index contributed by atoms with van der Waals surface area (Å²) >= 11 is 4.82. The third kappa shape index (κ3) is 6.27. The molecule has 0 spiro atoms. The molecule has 1 atom stereocenters. The zero-order valence-electron chi connectivity index (χ0n) is 26.9. The van der Waals surface area contributed by atoms with Crippen molar-refractivity contribution in [3.05, 3.63) is 125 Å². The molecule has 0 unspecified atom stereocenters. The van der Waals surface area contributed by atoms with E-state index in [1.807, 2.05) is 88.5 Å².